The fraction of sp³-hybridized carbons (Fsp3) is 0.263. The Labute approximate surface area is 148 Å². The third kappa shape index (κ3) is 6.79. The second-order valence-electron chi connectivity index (χ2n) is 5.48. The first-order chi connectivity index (χ1) is 11.6. The molecule has 0 bridgehead atoms. The summed E-state index contributed by atoms with van der Waals surface area (Å²) in [7, 11) is 0. The minimum atomic E-state index is -0.104. The molecule has 0 atom stereocenters. The Morgan fingerprint density at radius 1 is 1.08 bits per heavy atom. The summed E-state index contributed by atoms with van der Waals surface area (Å²) in [6, 6.07) is 17.7. The van der Waals surface area contributed by atoms with E-state index in [-0.39, 0.29) is 5.91 Å². The van der Waals surface area contributed by atoms with Gasteiger partial charge in [-0.3, -0.25) is 4.79 Å². The van der Waals surface area contributed by atoms with E-state index < -0.39 is 0 Å². The Hall–Kier alpha value is -2.40. The van der Waals surface area contributed by atoms with Gasteiger partial charge in [-0.1, -0.05) is 48.0 Å². The topological polar surface area (TPSA) is 50.4 Å². The highest BCUT2D eigenvalue weighted by atomic mass is 32.1. The zero-order chi connectivity index (χ0) is 17.2. The van der Waals surface area contributed by atoms with Crippen molar-refractivity contribution in [3.63, 3.8) is 0 Å². The van der Waals surface area contributed by atoms with Crippen LogP contribution in [0.4, 0.5) is 0 Å². The predicted molar refractivity (Wildman–Crippen MR) is 99.9 cm³/mol. The molecule has 2 aromatic rings. The number of aryl methyl sites for hydroxylation is 1. The molecule has 2 aromatic carbocycles. The van der Waals surface area contributed by atoms with Gasteiger partial charge in [0.15, 0.2) is 5.11 Å². The average molecular weight is 342 g/mol. The minimum absolute atomic E-state index is 0.104. The lowest BCUT2D eigenvalue weighted by Crippen LogP contribution is -2.38. The van der Waals surface area contributed by atoms with Crippen molar-refractivity contribution in [1.29, 1.82) is 0 Å². The second kappa shape index (κ2) is 9.67. The van der Waals surface area contributed by atoms with Crippen LogP contribution in [0.1, 0.15) is 24.0 Å². The summed E-state index contributed by atoms with van der Waals surface area (Å²) >= 11 is 5.12. The van der Waals surface area contributed by atoms with Crippen LogP contribution in [0.2, 0.25) is 0 Å². The molecular formula is C19H22N2O2S. The van der Waals surface area contributed by atoms with Gasteiger partial charge in [0.2, 0.25) is 5.91 Å². The Morgan fingerprint density at radius 2 is 1.79 bits per heavy atom. The second-order valence-corrected chi connectivity index (χ2v) is 5.89. The van der Waals surface area contributed by atoms with Crippen LogP contribution in [0.15, 0.2) is 54.6 Å². The predicted octanol–water partition coefficient (Wildman–Crippen LogP) is 3.34. The van der Waals surface area contributed by atoms with E-state index in [4.69, 9.17) is 17.0 Å². The van der Waals surface area contributed by atoms with Gasteiger partial charge in [0.05, 0.1) is 6.61 Å². The third-order valence-electron chi connectivity index (χ3n) is 3.39. The normalized spacial score (nSPS) is 10.0. The lowest BCUT2D eigenvalue weighted by atomic mass is 10.2. The fourth-order valence-electron chi connectivity index (χ4n) is 2.07. The summed E-state index contributed by atoms with van der Waals surface area (Å²) in [6.07, 6.45) is 1.01. The molecule has 4 nitrogen and oxygen atoms in total. The molecule has 0 spiro atoms. The van der Waals surface area contributed by atoms with Crippen molar-refractivity contribution in [2.24, 2.45) is 0 Å². The standard InChI is InChI=1S/C19H22N2O2S/c1-15-9-11-17(12-10-15)23-13-5-8-18(22)21-19(24)20-14-16-6-3-2-4-7-16/h2-4,6-7,9-12H,5,8,13-14H2,1H3,(H2,20,21,22,24). The summed E-state index contributed by atoms with van der Waals surface area (Å²) < 4.78 is 5.59. The zero-order valence-corrected chi connectivity index (χ0v) is 14.6. The molecule has 0 aromatic heterocycles. The molecule has 0 heterocycles. The van der Waals surface area contributed by atoms with E-state index in [0.29, 0.717) is 31.1 Å². The van der Waals surface area contributed by atoms with E-state index >= 15 is 0 Å². The third-order valence-corrected chi connectivity index (χ3v) is 3.63. The molecule has 0 saturated heterocycles. The lowest BCUT2D eigenvalue weighted by molar-refractivity contribution is -0.119. The number of ether oxygens (including phenoxy) is 1. The van der Waals surface area contributed by atoms with Crippen molar-refractivity contribution >= 4 is 23.2 Å². The number of thiocarbonyl (C=S) groups is 1. The smallest absolute Gasteiger partial charge is 0.226 e. The lowest BCUT2D eigenvalue weighted by Gasteiger charge is -2.10. The Kier molecular flexibility index (Phi) is 7.23. The SMILES string of the molecule is Cc1ccc(OCCCC(=O)NC(=S)NCc2ccccc2)cc1. The van der Waals surface area contributed by atoms with E-state index in [2.05, 4.69) is 10.6 Å². The molecule has 24 heavy (non-hydrogen) atoms. The van der Waals surface area contributed by atoms with Crippen LogP contribution in [0.5, 0.6) is 5.75 Å². The van der Waals surface area contributed by atoms with Gasteiger partial charge in [0.25, 0.3) is 0 Å². The highest BCUT2D eigenvalue weighted by Gasteiger charge is 2.04. The number of nitrogens with one attached hydrogen (secondary N) is 2. The Bertz CT molecular complexity index is 657. The van der Waals surface area contributed by atoms with E-state index in [1.165, 1.54) is 5.56 Å². The number of benzene rings is 2. The molecule has 0 radical (unpaired) electrons. The maximum atomic E-state index is 11.8. The number of hydrogen-bond donors (Lipinski definition) is 2. The molecule has 2 rings (SSSR count). The first kappa shape index (κ1) is 17.9. The number of carbonyl (C=O) groups excluding carboxylic acids is 1. The maximum absolute atomic E-state index is 11.8. The molecule has 0 unspecified atom stereocenters. The summed E-state index contributed by atoms with van der Waals surface area (Å²) in [6.45, 7) is 3.13. The van der Waals surface area contributed by atoms with Crippen molar-refractivity contribution < 1.29 is 9.53 Å². The zero-order valence-electron chi connectivity index (χ0n) is 13.7. The highest BCUT2D eigenvalue weighted by molar-refractivity contribution is 7.80. The molecule has 2 N–H and O–H groups in total. The van der Waals surface area contributed by atoms with E-state index in [9.17, 15) is 4.79 Å². The molecular weight excluding hydrogens is 320 g/mol. The van der Waals surface area contributed by atoms with Gasteiger partial charge in [0, 0.05) is 13.0 Å². The van der Waals surface area contributed by atoms with Crippen LogP contribution in [0, 0.1) is 6.92 Å². The molecule has 0 fully saturated rings. The first-order valence-corrected chi connectivity index (χ1v) is 8.35. The van der Waals surface area contributed by atoms with Gasteiger partial charge in [-0.15, -0.1) is 0 Å². The van der Waals surface area contributed by atoms with E-state index in [0.717, 1.165) is 11.3 Å². The number of hydrogen-bond acceptors (Lipinski definition) is 3. The molecule has 1 amide bonds. The highest BCUT2D eigenvalue weighted by Crippen LogP contribution is 2.11. The van der Waals surface area contributed by atoms with Gasteiger partial charge in [-0.05, 0) is 43.3 Å². The summed E-state index contributed by atoms with van der Waals surface area (Å²) in [4.78, 5) is 11.8. The van der Waals surface area contributed by atoms with Crippen molar-refractivity contribution in [1.82, 2.24) is 10.6 Å². The van der Waals surface area contributed by atoms with Crippen LogP contribution < -0.4 is 15.4 Å². The fourth-order valence-corrected chi connectivity index (χ4v) is 2.25. The number of carbonyl (C=O) groups is 1. The quantitative estimate of drug-likeness (QED) is 0.598. The van der Waals surface area contributed by atoms with Crippen molar-refractivity contribution in [2.75, 3.05) is 6.61 Å². The Balaban J connectivity index is 1.58. The monoisotopic (exact) mass is 342 g/mol. The molecule has 0 saturated carbocycles. The largest absolute Gasteiger partial charge is 0.494 e. The molecule has 126 valence electrons. The summed E-state index contributed by atoms with van der Waals surface area (Å²) in [5.74, 6) is 0.717. The van der Waals surface area contributed by atoms with Gasteiger partial charge in [0.1, 0.15) is 5.75 Å². The summed E-state index contributed by atoms with van der Waals surface area (Å²) in [5, 5.41) is 6.05. The Morgan fingerprint density at radius 3 is 2.50 bits per heavy atom. The van der Waals surface area contributed by atoms with Crippen molar-refractivity contribution in [2.45, 2.75) is 26.3 Å². The van der Waals surface area contributed by atoms with Crippen LogP contribution in [-0.4, -0.2) is 17.6 Å². The van der Waals surface area contributed by atoms with Gasteiger partial charge >= 0.3 is 0 Å². The van der Waals surface area contributed by atoms with Crippen LogP contribution >= 0.6 is 12.2 Å². The first-order valence-electron chi connectivity index (χ1n) is 7.94. The van der Waals surface area contributed by atoms with Crippen molar-refractivity contribution in [3.8, 4) is 5.75 Å². The van der Waals surface area contributed by atoms with E-state index in [1.54, 1.807) is 0 Å². The van der Waals surface area contributed by atoms with Gasteiger partial charge in [-0.25, -0.2) is 0 Å². The van der Waals surface area contributed by atoms with E-state index in [1.807, 2.05) is 61.5 Å². The molecule has 0 aliphatic rings. The minimum Gasteiger partial charge on any atom is -0.494 e. The number of rotatable bonds is 7. The maximum Gasteiger partial charge on any atom is 0.226 e. The van der Waals surface area contributed by atoms with Crippen LogP contribution in [0.3, 0.4) is 0 Å². The molecule has 5 heteroatoms. The van der Waals surface area contributed by atoms with Crippen molar-refractivity contribution in [3.05, 3.63) is 65.7 Å². The number of amides is 1. The molecule has 0 aliphatic carbocycles. The average Bonchev–Trinajstić information content (AvgIpc) is 2.59. The van der Waals surface area contributed by atoms with Gasteiger partial charge in [-0.2, -0.15) is 0 Å². The van der Waals surface area contributed by atoms with Gasteiger partial charge < -0.3 is 15.4 Å². The van der Waals surface area contributed by atoms with Crippen LogP contribution in [0.25, 0.3) is 0 Å². The molecule has 0 aliphatic heterocycles. The summed E-state index contributed by atoms with van der Waals surface area (Å²) in [5.41, 5.74) is 2.30. The van der Waals surface area contributed by atoms with Crippen LogP contribution in [-0.2, 0) is 11.3 Å².